The molecule has 2 unspecified atom stereocenters. The average Bonchev–Trinajstić information content (AvgIpc) is 2.95. The number of methoxy groups -OCH3 is 1. The zero-order valence-corrected chi connectivity index (χ0v) is 15.8. The molecule has 0 aromatic heterocycles. The Hall–Kier alpha value is -1.79. The molecule has 1 aromatic rings. The molecule has 25 heavy (non-hydrogen) atoms. The number of halogens is 1. The van der Waals surface area contributed by atoms with Crippen LogP contribution < -0.4 is 20.7 Å². The van der Waals surface area contributed by atoms with Crippen LogP contribution in [0.15, 0.2) is 24.3 Å². The van der Waals surface area contributed by atoms with Gasteiger partial charge in [-0.2, -0.15) is 0 Å². The number of ether oxygens (including phenoxy) is 1. The number of carbonyl (C=O) groups is 2. The third-order valence-corrected chi connectivity index (χ3v) is 4.27. The van der Waals surface area contributed by atoms with E-state index in [4.69, 9.17) is 10.5 Å². The Bertz CT molecular complexity index is 577. The van der Waals surface area contributed by atoms with Crippen molar-refractivity contribution in [2.24, 2.45) is 17.6 Å². The summed E-state index contributed by atoms with van der Waals surface area (Å²) in [5, 5.41) is 2.99. The first-order chi connectivity index (χ1) is 11.4. The van der Waals surface area contributed by atoms with Crippen molar-refractivity contribution >= 4 is 29.9 Å². The first kappa shape index (κ1) is 21.3. The fourth-order valence-electron chi connectivity index (χ4n) is 3.00. The van der Waals surface area contributed by atoms with Crippen LogP contribution in [0, 0.1) is 11.8 Å². The van der Waals surface area contributed by atoms with Crippen molar-refractivity contribution in [1.29, 1.82) is 0 Å². The molecule has 7 heteroatoms. The maximum absolute atomic E-state index is 12.5. The summed E-state index contributed by atoms with van der Waals surface area (Å²) in [6.45, 7) is 5.00. The molecule has 140 valence electrons. The summed E-state index contributed by atoms with van der Waals surface area (Å²) in [4.78, 5) is 26.4. The van der Waals surface area contributed by atoms with E-state index in [9.17, 15) is 9.59 Å². The second kappa shape index (κ2) is 9.63. The lowest BCUT2D eigenvalue weighted by Gasteiger charge is -2.21. The number of rotatable bonds is 7. The van der Waals surface area contributed by atoms with E-state index >= 15 is 0 Å². The molecular weight excluding hydrogens is 342 g/mol. The molecule has 0 spiro atoms. The first-order valence-corrected chi connectivity index (χ1v) is 8.39. The number of amides is 2. The fourth-order valence-corrected chi connectivity index (χ4v) is 3.00. The largest absolute Gasteiger partial charge is 0.497 e. The Labute approximate surface area is 155 Å². The lowest BCUT2D eigenvalue weighted by Crippen LogP contribution is -2.44. The maximum Gasteiger partial charge on any atom is 0.227 e. The second-order valence-corrected chi connectivity index (χ2v) is 6.67. The predicted molar refractivity (Wildman–Crippen MR) is 101 cm³/mol. The van der Waals surface area contributed by atoms with Crippen molar-refractivity contribution < 1.29 is 14.3 Å². The highest BCUT2D eigenvalue weighted by atomic mass is 35.5. The standard InChI is InChI=1S/C18H27N3O3.ClH/c1-12(2)8-14(10-19)20-18(23)13-9-17(22)21(11-13)15-4-6-16(24-3)7-5-15;/h4-7,12-14H,8-11,19H2,1-3H3,(H,20,23);1H. The highest BCUT2D eigenvalue weighted by Crippen LogP contribution is 2.27. The number of hydrogen-bond acceptors (Lipinski definition) is 4. The van der Waals surface area contributed by atoms with Gasteiger partial charge in [0.2, 0.25) is 11.8 Å². The molecule has 1 fully saturated rings. The number of hydrogen-bond donors (Lipinski definition) is 2. The topological polar surface area (TPSA) is 84.7 Å². The first-order valence-electron chi connectivity index (χ1n) is 8.39. The number of anilines is 1. The number of carbonyl (C=O) groups excluding carboxylic acids is 2. The van der Waals surface area contributed by atoms with Crippen LogP contribution in [0.4, 0.5) is 5.69 Å². The fraction of sp³-hybridized carbons (Fsp3) is 0.556. The lowest BCUT2D eigenvalue weighted by molar-refractivity contribution is -0.127. The van der Waals surface area contributed by atoms with Gasteiger partial charge in [-0.05, 0) is 36.6 Å². The van der Waals surface area contributed by atoms with Crippen LogP contribution in [0.2, 0.25) is 0 Å². The molecule has 0 saturated carbocycles. The molecule has 1 aromatic carbocycles. The highest BCUT2D eigenvalue weighted by molar-refractivity contribution is 6.00. The quantitative estimate of drug-likeness (QED) is 0.769. The number of nitrogens with one attached hydrogen (secondary N) is 1. The molecule has 1 aliphatic rings. The summed E-state index contributed by atoms with van der Waals surface area (Å²) in [5.41, 5.74) is 6.52. The van der Waals surface area contributed by atoms with Crippen LogP contribution in [0.3, 0.4) is 0 Å². The van der Waals surface area contributed by atoms with E-state index < -0.39 is 0 Å². The van der Waals surface area contributed by atoms with Gasteiger partial charge in [0.15, 0.2) is 0 Å². The molecule has 2 amide bonds. The normalized spacial score (nSPS) is 18.0. The Morgan fingerprint density at radius 3 is 2.52 bits per heavy atom. The van der Waals surface area contributed by atoms with Gasteiger partial charge in [-0.15, -0.1) is 12.4 Å². The Morgan fingerprint density at radius 2 is 2.00 bits per heavy atom. The minimum atomic E-state index is -0.333. The van der Waals surface area contributed by atoms with Gasteiger partial charge in [-0.25, -0.2) is 0 Å². The molecular formula is C18H28ClN3O3. The third-order valence-electron chi connectivity index (χ3n) is 4.27. The smallest absolute Gasteiger partial charge is 0.227 e. The van der Waals surface area contributed by atoms with E-state index in [0.717, 1.165) is 17.9 Å². The van der Waals surface area contributed by atoms with Crippen LogP contribution in [-0.4, -0.2) is 38.1 Å². The van der Waals surface area contributed by atoms with Crippen molar-refractivity contribution in [1.82, 2.24) is 5.32 Å². The molecule has 0 bridgehead atoms. The van der Waals surface area contributed by atoms with Gasteiger partial charge < -0.3 is 20.7 Å². The van der Waals surface area contributed by atoms with Gasteiger partial charge in [-0.1, -0.05) is 13.8 Å². The van der Waals surface area contributed by atoms with Crippen molar-refractivity contribution in [2.75, 3.05) is 25.1 Å². The van der Waals surface area contributed by atoms with Crippen LogP contribution >= 0.6 is 12.4 Å². The summed E-state index contributed by atoms with van der Waals surface area (Å²) in [7, 11) is 1.60. The minimum Gasteiger partial charge on any atom is -0.497 e. The summed E-state index contributed by atoms with van der Waals surface area (Å²) in [6, 6.07) is 7.24. The number of benzene rings is 1. The van der Waals surface area contributed by atoms with Crippen LogP contribution in [-0.2, 0) is 9.59 Å². The van der Waals surface area contributed by atoms with Crippen molar-refractivity contribution in [2.45, 2.75) is 32.7 Å². The number of nitrogens with two attached hydrogens (primary N) is 1. The summed E-state index contributed by atoms with van der Waals surface area (Å²) in [6.07, 6.45) is 1.07. The zero-order chi connectivity index (χ0) is 17.7. The van der Waals surface area contributed by atoms with E-state index in [1.807, 2.05) is 24.3 Å². The summed E-state index contributed by atoms with van der Waals surface area (Å²) >= 11 is 0. The second-order valence-electron chi connectivity index (χ2n) is 6.67. The van der Waals surface area contributed by atoms with Crippen molar-refractivity contribution in [3.8, 4) is 5.75 Å². The van der Waals surface area contributed by atoms with Gasteiger partial charge in [0.1, 0.15) is 5.75 Å². The van der Waals surface area contributed by atoms with Crippen LogP contribution in [0.5, 0.6) is 5.75 Å². The Morgan fingerprint density at radius 1 is 1.36 bits per heavy atom. The molecule has 0 aliphatic carbocycles. The molecule has 2 atom stereocenters. The molecule has 1 aliphatic heterocycles. The van der Waals surface area contributed by atoms with E-state index in [2.05, 4.69) is 19.2 Å². The Balaban J connectivity index is 0.00000312. The predicted octanol–water partition coefficient (Wildman–Crippen LogP) is 1.96. The van der Waals surface area contributed by atoms with Gasteiger partial charge in [-0.3, -0.25) is 9.59 Å². The molecule has 6 nitrogen and oxygen atoms in total. The molecule has 2 rings (SSSR count). The highest BCUT2D eigenvalue weighted by Gasteiger charge is 2.35. The van der Waals surface area contributed by atoms with Gasteiger partial charge in [0.05, 0.1) is 13.0 Å². The summed E-state index contributed by atoms with van der Waals surface area (Å²) in [5.74, 6) is 0.740. The average molecular weight is 370 g/mol. The van der Waals surface area contributed by atoms with Gasteiger partial charge in [0.25, 0.3) is 0 Å². The molecule has 1 heterocycles. The van der Waals surface area contributed by atoms with E-state index in [0.29, 0.717) is 19.0 Å². The maximum atomic E-state index is 12.5. The van der Waals surface area contributed by atoms with E-state index in [1.165, 1.54) is 0 Å². The van der Waals surface area contributed by atoms with Crippen molar-refractivity contribution in [3.63, 3.8) is 0 Å². The van der Waals surface area contributed by atoms with E-state index in [1.54, 1.807) is 12.0 Å². The zero-order valence-electron chi connectivity index (χ0n) is 15.0. The van der Waals surface area contributed by atoms with Crippen LogP contribution in [0.25, 0.3) is 0 Å². The Kier molecular flexibility index (Phi) is 8.19. The lowest BCUT2D eigenvalue weighted by atomic mass is 10.0. The monoisotopic (exact) mass is 369 g/mol. The number of nitrogens with zero attached hydrogens (tertiary/aromatic N) is 1. The van der Waals surface area contributed by atoms with Crippen molar-refractivity contribution in [3.05, 3.63) is 24.3 Å². The van der Waals surface area contributed by atoms with Gasteiger partial charge in [0, 0.05) is 31.2 Å². The molecule has 0 radical (unpaired) electrons. The minimum absolute atomic E-state index is 0. The molecule has 1 saturated heterocycles. The summed E-state index contributed by atoms with van der Waals surface area (Å²) < 4.78 is 5.13. The third kappa shape index (κ3) is 5.61. The van der Waals surface area contributed by atoms with Crippen LogP contribution in [0.1, 0.15) is 26.7 Å². The molecule has 3 N–H and O–H groups in total. The SMILES string of the molecule is COc1ccc(N2CC(C(=O)NC(CN)CC(C)C)CC2=O)cc1.Cl. The van der Waals surface area contributed by atoms with E-state index in [-0.39, 0.29) is 42.6 Å². The van der Waals surface area contributed by atoms with Gasteiger partial charge >= 0.3 is 0 Å².